The highest BCUT2D eigenvalue weighted by atomic mass is 31.2. The van der Waals surface area contributed by atoms with Crippen LogP contribution in [0.4, 0.5) is 0 Å². The maximum absolute atomic E-state index is 12.6. The highest BCUT2D eigenvalue weighted by Crippen LogP contribution is 2.43. The summed E-state index contributed by atoms with van der Waals surface area (Å²) in [7, 11) is -4.74. The normalized spacial score (nSPS) is 14.6. The fourth-order valence-corrected chi connectivity index (χ4v) is 5.86. The van der Waals surface area contributed by atoms with Crippen LogP contribution in [0.25, 0.3) is 0 Å². The Hall–Kier alpha value is -3.34. The van der Waals surface area contributed by atoms with Gasteiger partial charge in [0.25, 0.3) is 0 Å². The van der Waals surface area contributed by atoms with Crippen molar-refractivity contribution in [1.29, 1.82) is 0 Å². The van der Waals surface area contributed by atoms with E-state index in [1.807, 2.05) is 12.2 Å². The molecule has 0 spiro atoms. The number of carboxylic acid groups (broad SMARTS) is 1. The fourth-order valence-electron chi connectivity index (χ4n) is 5.08. The first kappa shape index (κ1) is 53.7. The number of allylic oxidation sites excluding steroid dienone is 14. The third-order valence-electron chi connectivity index (χ3n) is 8.39. The fraction of sp³-hybridized carbons (Fsp3) is 0.622. The highest BCUT2D eigenvalue weighted by Gasteiger charge is 2.28. The molecular weight excluding hydrogens is 745 g/mol. The SMILES string of the molecule is CC/C=C/C/C=C/C/C=C/C/C=C/C/C=C/CCCCCCC(=O)OCC(COP(=O)(O)OC[C@@H](N)C(=O)O)OC(=O)CC/C=C/C/C=C/CCCCCCCC. The molecule has 0 rings (SSSR count). The molecule has 12 heteroatoms. The number of phosphoric ester groups is 1. The highest BCUT2D eigenvalue weighted by molar-refractivity contribution is 7.47. The smallest absolute Gasteiger partial charge is 0.472 e. The Morgan fingerprint density at radius 3 is 1.54 bits per heavy atom. The Morgan fingerprint density at radius 1 is 0.561 bits per heavy atom. The van der Waals surface area contributed by atoms with Crippen LogP contribution in [0.5, 0.6) is 0 Å². The lowest BCUT2D eigenvalue weighted by molar-refractivity contribution is -0.161. The number of aliphatic carboxylic acids is 1. The van der Waals surface area contributed by atoms with Crippen LogP contribution in [0.15, 0.2) is 85.1 Å². The lowest BCUT2D eigenvalue weighted by atomic mass is 10.1. The lowest BCUT2D eigenvalue weighted by Crippen LogP contribution is -2.34. The van der Waals surface area contributed by atoms with E-state index in [1.165, 1.54) is 38.5 Å². The van der Waals surface area contributed by atoms with Gasteiger partial charge < -0.3 is 25.2 Å². The van der Waals surface area contributed by atoms with Crippen molar-refractivity contribution in [3.8, 4) is 0 Å². The summed E-state index contributed by atoms with van der Waals surface area (Å²) in [5, 5.41) is 8.88. The van der Waals surface area contributed by atoms with Crippen LogP contribution in [0.2, 0.25) is 0 Å². The van der Waals surface area contributed by atoms with E-state index in [9.17, 15) is 23.8 Å². The van der Waals surface area contributed by atoms with E-state index < -0.39 is 51.1 Å². The minimum Gasteiger partial charge on any atom is -0.480 e. The van der Waals surface area contributed by atoms with Gasteiger partial charge in [0, 0.05) is 12.8 Å². The van der Waals surface area contributed by atoms with Gasteiger partial charge in [-0.1, -0.05) is 144 Å². The second kappa shape index (κ2) is 39.5. The maximum atomic E-state index is 12.6. The molecule has 0 aliphatic carbocycles. The number of carboxylic acids is 1. The summed E-state index contributed by atoms with van der Waals surface area (Å²) in [6.45, 7) is 2.57. The number of rotatable bonds is 38. The first-order valence-electron chi connectivity index (χ1n) is 21.1. The van der Waals surface area contributed by atoms with Crippen LogP contribution >= 0.6 is 7.82 Å². The third kappa shape index (κ3) is 39.3. The largest absolute Gasteiger partial charge is 0.480 e. The molecule has 57 heavy (non-hydrogen) atoms. The van der Waals surface area contributed by atoms with Crippen LogP contribution in [-0.4, -0.2) is 59.9 Å². The van der Waals surface area contributed by atoms with Crippen LogP contribution < -0.4 is 5.73 Å². The van der Waals surface area contributed by atoms with Gasteiger partial charge in [-0.3, -0.25) is 23.4 Å². The van der Waals surface area contributed by atoms with Gasteiger partial charge in [-0.15, -0.1) is 0 Å². The van der Waals surface area contributed by atoms with Crippen molar-refractivity contribution >= 4 is 25.7 Å². The molecule has 11 nitrogen and oxygen atoms in total. The van der Waals surface area contributed by atoms with Gasteiger partial charge in [-0.05, 0) is 77.0 Å². The molecular formula is C45H74NO10P. The monoisotopic (exact) mass is 820 g/mol. The predicted octanol–water partition coefficient (Wildman–Crippen LogP) is 11.1. The van der Waals surface area contributed by atoms with Gasteiger partial charge in [0.2, 0.25) is 0 Å². The van der Waals surface area contributed by atoms with Gasteiger partial charge in [0.15, 0.2) is 6.10 Å². The van der Waals surface area contributed by atoms with E-state index in [1.54, 1.807) is 0 Å². The summed E-state index contributed by atoms with van der Waals surface area (Å²) in [5.41, 5.74) is 5.32. The van der Waals surface area contributed by atoms with E-state index >= 15 is 0 Å². The van der Waals surface area contributed by atoms with Gasteiger partial charge in [-0.25, -0.2) is 4.57 Å². The van der Waals surface area contributed by atoms with Crippen molar-refractivity contribution in [3.05, 3.63) is 85.1 Å². The first-order chi connectivity index (χ1) is 27.6. The molecule has 0 aromatic carbocycles. The zero-order valence-electron chi connectivity index (χ0n) is 34.9. The van der Waals surface area contributed by atoms with E-state index in [4.69, 9.17) is 24.8 Å². The van der Waals surface area contributed by atoms with E-state index in [2.05, 4.69) is 91.3 Å². The Bertz CT molecular complexity index is 1290. The molecule has 3 atom stereocenters. The topological polar surface area (TPSA) is 172 Å². The Kier molecular flexibility index (Phi) is 37.2. The zero-order chi connectivity index (χ0) is 42.1. The summed E-state index contributed by atoms with van der Waals surface area (Å²) in [6, 6.07) is -1.54. The second-order valence-corrected chi connectivity index (χ2v) is 15.2. The number of phosphoric acid groups is 1. The molecule has 0 aromatic heterocycles. The Labute approximate surface area is 343 Å². The zero-order valence-corrected chi connectivity index (χ0v) is 35.8. The molecule has 0 radical (unpaired) electrons. The number of esters is 2. The van der Waals surface area contributed by atoms with Gasteiger partial charge >= 0.3 is 25.7 Å². The van der Waals surface area contributed by atoms with Crippen LogP contribution in [0.1, 0.15) is 149 Å². The van der Waals surface area contributed by atoms with Gasteiger partial charge in [-0.2, -0.15) is 0 Å². The molecule has 0 aliphatic rings. The Balaban J connectivity index is 4.49. The second-order valence-electron chi connectivity index (χ2n) is 13.7. The first-order valence-corrected chi connectivity index (χ1v) is 22.6. The summed E-state index contributed by atoms with van der Waals surface area (Å²) in [6.07, 6.45) is 48.1. The quantitative estimate of drug-likeness (QED) is 0.0234. The van der Waals surface area contributed by atoms with Crippen molar-refractivity contribution in [3.63, 3.8) is 0 Å². The molecule has 4 N–H and O–H groups in total. The standard InChI is InChI=1S/C45H74NO10P/c1-3-5-7-9-11-13-15-17-18-19-20-21-22-23-25-26-28-30-32-34-36-43(47)53-38-41(39-54-57(51,52)55-40-42(46)45(49)50)56-44(48)37-35-33-31-29-27-24-16-14-12-10-8-6-4-2/h5,7,11,13,17-18,20-21,23-25,27,31,33,41-42H,3-4,6,8-10,12,14-16,19,22,26,28-30,32,34-40,46H2,1-2H3,(H,49,50)(H,51,52)/b7-5+,13-11+,18-17+,21-20+,25-23+,27-24+,33-31+/t41?,42-/m1/s1. The number of ether oxygens (including phenoxy) is 2. The summed E-state index contributed by atoms with van der Waals surface area (Å²) < 4.78 is 32.5. The van der Waals surface area contributed by atoms with Crippen LogP contribution in [-0.2, 0) is 37.5 Å². The number of hydrogen-bond acceptors (Lipinski definition) is 9. The minimum atomic E-state index is -4.74. The van der Waals surface area contributed by atoms with E-state index in [0.29, 0.717) is 12.8 Å². The molecule has 0 heterocycles. The molecule has 0 aliphatic heterocycles. The molecule has 0 fully saturated rings. The van der Waals surface area contributed by atoms with Crippen molar-refractivity contribution in [2.24, 2.45) is 5.73 Å². The van der Waals surface area contributed by atoms with Gasteiger partial charge in [0.1, 0.15) is 12.6 Å². The number of nitrogens with two attached hydrogens (primary N) is 1. The minimum absolute atomic E-state index is 0.0444. The molecule has 0 amide bonds. The average Bonchev–Trinajstić information content (AvgIpc) is 3.19. The van der Waals surface area contributed by atoms with Crippen LogP contribution in [0, 0.1) is 0 Å². The Morgan fingerprint density at radius 2 is 1.02 bits per heavy atom. The van der Waals surface area contributed by atoms with Crippen molar-refractivity contribution in [2.75, 3.05) is 19.8 Å². The van der Waals surface area contributed by atoms with Gasteiger partial charge in [0.05, 0.1) is 13.2 Å². The number of carbonyl (C=O) groups is 3. The predicted molar refractivity (Wildman–Crippen MR) is 230 cm³/mol. The molecule has 0 aromatic rings. The van der Waals surface area contributed by atoms with E-state index in [0.717, 1.165) is 70.6 Å². The summed E-state index contributed by atoms with van der Waals surface area (Å²) >= 11 is 0. The van der Waals surface area contributed by atoms with Crippen molar-refractivity contribution in [1.82, 2.24) is 0 Å². The summed E-state index contributed by atoms with van der Waals surface area (Å²) in [5.74, 6) is -2.51. The van der Waals surface area contributed by atoms with E-state index in [-0.39, 0.29) is 19.4 Å². The molecule has 324 valence electrons. The molecule has 2 unspecified atom stereocenters. The number of unbranched alkanes of at least 4 members (excludes halogenated alkanes) is 10. The number of hydrogen-bond donors (Lipinski definition) is 3. The van der Waals surface area contributed by atoms with Crippen molar-refractivity contribution < 1.29 is 47.5 Å². The number of carbonyl (C=O) groups excluding carboxylic acids is 2. The average molecular weight is 820 g/mol. The summed E-state index contributed by atoms with van der Waals surface area (Å²) in [4.78, 5) is 45.8. The maximum Gasteiger partial charge on any atom is 0.472 e. The third-order valence-corrected chi connectivity index (χ3v) is 9.34. The molecule has 0 saturated heterocycles. The molecule has 0 bridgehead atoms. The van der Waals surface area contributed by atoms with Crippen molar-refractivity contribution in [2.45, 2.75) is 161 Å². The molecule has 0 saturated carbocycles. The van der Waals surface area contributed by atoms with Crippen LogP contribution in [0.3, 0.4) is 0 Å². The lowest BCUT2D eigenvalue weighted by Gasteiger charge is -2.20.